The molecular weight excluding hydrogens is 440 g/mol. The van der Waals surface area contributed by atoms with E-state index in [9.17, 15) is 9.59 Å². The molecule has 2 amide bonds. The van der Waals surface area contributed by atoms with Gasteiger partial charge in [-0.25, -0.2) is 0 Å². The van der Waals surface area contributed by atoms with E-state index in [1.807, 2.05) is 48.5 Å². The second kappa shape index (κ2) is 11.2. The predicted molar refractivity (Wildman–Crippen MR) is 135 cm³/mol. The van der Waals surface area contributed by atoms with Crippen LogP contribution in [0.25, 0.3) is 11.3 Å². The molecule has 0 bridgehead atoms. The molecule has 0 saturated carbocycles. The summed E-state index contributed by atoms with van der Waals surface area (Å²) in [6.07, 6.45) is 1.61. The number of aromatic nitrogens is 2. The van der Waals surface area contributed by atoms with Crippen molar-refractivity contribution in [2.75, 3.05) is 13.6 Å². The van der Waals surface area contributed by atoms with Crippen LogP contribution in [0.3, 0.4) is 0 Å². The number of ether oxygens (including phenoxy) is 1. The lowest BCUT2D eigenvalue weighted by Gasteiger charge is -2.17. The lowest BCUT2D eigenvalue weighted by atomic mass is 10.1. The Bertz CT molecular complexity index is 1300. The number of rotatable bonds is 10. The molecular formula is C28H28N4O3. The average molecular weight is 469 g/mol. The molecule has 7 nitrogen and oxygen atoms in total. The molecule has 4 aromatic rings. The molecule has 0 fully saturated rings. The van der Waals surface area contributed by atoms with E-state index in [2.05, 4.69) is 16.3 Å². The van der Waals surface area contributed by atoms with E-state index >= 15 is 0 Å². The maximum absolute atomic E-state index is 12.9. The van der Waals surface area contributed by atoms with Crippen molar-refractivity contribution in [2.45, 2.75) is 19.4 Å². The molecule has 35 heavy (non-hydrogen) atoms. The van der Waals surface area contributed by atoms with Gasteiger partial charge in [0, 0.05) is 30.4 Å². The maximum Gasteiger partial charge on any atom is 0.253 e. The van der Waals surface area contributed by atoms with Gasteiger partial charge in [0.25, 0.3) is 11.8 Å². The van der Waals surface area contributed by atoms with Crippen LogP contribution in [0.4, 0.5) is 0 Å². The number of nitrogens with two attached hydrogens (primary N) is 1. The van der Waals surface area contributed by atoms with Crippen LogP contribution in [0.5, 0.6) is 5.75 Å². The van der Waals surface area contributed by atoms with Gasteiger partial charge in [-0.15, -0.1) is 0 Å². The first-order valence-corrected chi connectivity index (χ1v) is 11.5. The highest BCUT2D eigenvalue weighted by Gasteiger charge is 2.13. The molecule has 3 N–H and O–H groups in total. The van der Waals surface area contributed by atoms with Crippen molar-refractivity contribution in [1.82, 2.24) is 15.1 Å². The first kappa shape index (κ1) is 23.8. The zero-order valence-corrected chi connectivity index (χ0v) is 19.6. The Morgan fingerprint density at radius 3 is 2.54 bits per heavy atom. The molecule has 7 heteroatoms. The summed E-state index contributed by atoms with van der Waals surface area (Å²) in [5.74, 6) is -0.181. The second-order valence-electron chi connectivity index (χ2n) is 8.32. The number of amides is 2. The molecule has 3 aromatic carbocycles. The highest BCUT2D eigenvalue weighted by molar-refractivity contribution is 5.95. The zero-order chi connectivity index (χ0) is 24.6. The number of nitrogens with zero attached hydrogens (tertiary/aromatic N) is 2. The van der Waals surface area contributed by atoms with Crippen molar-refractivity contribution in [1.29, 1.82) is 0 Å². The van der Waals surface area contributed by atoms with Gasteiger partial charge < -0.3 is 15.4 Å². The minimum Gasteiger partial charge on any atom is -0.488 e. The number of H-pyrrole nitrogens is 1. The Morgan fingerprint density at radius 1 is 0.971 bits per heavy atom. The number of aromatic amines is 1. The van der Waals surface area contributed by atoms with Crippen LogP contribution in [0, 0.1) is 0 Å². The standard InChI is InChI=1S/C28H28N4O3/c1-32(16-8-13-23-18-25(31-30-23)21-10-3-2-4-11-21)28(34)22-12-7-9-20(17-22)19-35-26-15-6-5-14-24(26)27(29)33/h2-7,9-12,14-15,17-18H,8,13,16,19H2,1H3,(H2,29,33)(H,30,31). The highest BCUT2D eigenvalue weighted by atomic mass is 16.5. The molecule has 0 radical (unpaired) electrons. The van der Waals surface area contributed by atoms with Crippen molar-refractivity contribution >= 4 is 11.8 Å². The van der Waals surface area contributed by atoms with Gasteiger partial charge >= 0.3 is 0 Å². The number of carbonyl (C=O) groups is 2. The fraction of sp³-hybridized carbons (Fsp3) is 0.179. The third-order valence-corrected chi connectivity index (χ3v) is 5.71. The third kappa shape index (κ3) is 6.14. The molecule has 1 heterocycles. The van der Waals surface area contributed by atoms with Gasteiger partial charge in [0.1, 0.15) is 12.4 Å². The Labute approximate surface area is 204 Å². The van der Waals surface area contributed by atoms with E-state index in [1.165, 1.54) is 0 Å². The smallest absolute Gasteiger partial charge is 0.253 e. The summed E-state index contributed by atoms with van der Waals surface area (Å²) < 4.78 is 5.79. The van der Waals surface area contributed by atoms with E-state index in [-0.39, 0.29) is 12.5 Å². The van der Waals surface area contributed by atoms with Crippen LogP contribution in [0.1, 0.15) is 38.4 Å². The summed E-state index contributed by atoms with van der Waals surface area (Å²) in [5.41, 5.74) is 10.2. The SMILES string of the molecule is CN(CCCc1cc(-c2ccccc2)n[nH]1)C(=O)c1cccc(COc2ccccc2C(N)=O)c1. The number of primary amides is 1. The van der Waals surface area contributed by atoms with Crippen molar-refractivity contribution in [3.05, 3.63) is 107 Å². The number of aryl methyl sites for hydroxylation is 1. The summed E-state index contributed by atoms with van der Waals surface area (Å²) in [5, 5.41) is 7.48. The van der Waals surface area contributed by atoms with Crippen LogP contribution in [0.2, 0.25) is 0 Å². The Balaban J connectivity index is 1.30. The maximum atomic E-state index is 12.9. The van der Waals surface area contributed by atoms with E-state index in [1.54, 1.807) is 42.3 Å². The lowest BCUT2D eigenvalue weighted by molar-refractivity contribution is 0.0793. The Morgan fingerprint density at radius 2 is 1.74 bits per heavy atom. The molecule has 1 aromatic heterocycles. The van der Waals surface area contributed by atoms with Crippen LogP contribution >= 0.6 is 0 Å². The van der Waals surface area contributed by atoms with Gasteiger partial charge in [0.05, 0.1) is 11.3 Å². The van der Waals surface area contributed by atoms with Crippen LogP contribution in [-0.4, -0.2) is 40.5 Å². The van der Waals surface area contributed by atoms with Crippen molar-refractivity contribution in [3.8, 4) is 17.0 Å². The molecule has 178 valence electrons. The van der Waals surface area contributed by atoms with Crippen molar-refractivity contribution in [2.24, 2.45) is 5.73 Å². The highest BCUT2D eigenvalue weighted by Crippen LogP contribution is 2.20. The van der Waals surface area contributed by atoms with Gasteiger partial charge in [0.2, 0.25) is 0 Å². The molecule has 0 unspecified atom stereocenters. The summed E-state index contributed by atoms with van der Waals surface area (Å²) in [6.45, 7) is 0.837. The van der Waals surface area contributed by atoms with Crippen molar-refractivity contribution < 1.29 is 14.3 Å². The van der Waals surface area contributed by atoms with Gasteiger partial charge in [-0.05, 0) is 48.7 Å². The van der Waals surface area contributed by atoms with Crippen molar-refractivity contribution in [3.63, 3.8) is 0 Å². The number of carbonyl (C=O) groups excluding carboxylic acids is 2. The summed E-state index contributed by atoms with van der Waals surface area (Å²) in [7, 11) is 1.80. The molecule has 0 aliphatic rings. The molecule has 0 atom stereocenters. The minimum atomic E-state index is -0.544. The normalized spacial score (nSPS) is 10.7. The van der Waals surface area contributed by atoms with E-state index < -0.39 is 5.91 Å². The number of para-hydroxylation sites is 1. The molecule has 0 saturated heterocycles. The van der Waals surface area contributed by atoms with Gasteiger partial charge in [-0.1, -0.05) is 54.6 Å². The second-order valence-corrected chi connectivity index (χ2v) is 8.32. The number of hydrogen-bond donors (Lipinski definition) is 2. The van der Waals surface area contributed by atoms with E-state index in [0.717, 1.165) is 35.4 Å². The Kier molecular flexibility index (Phi) is 7.57. The predicted octanol–water partition coefficient (Wildman–Crippen LogP) is 4.46. The third-order valence-electron chi connectivity index (χ3n) is 5.71. The van der Waals surface area contributed by atoms with Gasteiger partial charge in [-0.3, -0.25) is 14.7 Å². The first-order chi connectivity index (χ1) is 17.0. The lowest BCUT2D eigenvalue weighted by Crippen LogP contribution is -2.28. The zero-order valence-electron chi connectivity index (χ0n) is 19.6. The number of nitrogens with one attached hydrogen (secondary N) is 1. The quantitative estimate of drug-likeness (QED) is 0.359. The first-order valence-electron chi connectivity index (χ1n) is 11.5. The average Bonchev–Trinajstić information content (AvgIpc) is 3.36. The largest absolute Gasteiger partial charge is 0.488 e. The van der Waals surface area contributed by atoms with Gasteiger partial charge in [-0.2, -0.15) is 5.10 Å². The topological polar surface area (TPSA) is 101 Å². The monoisotopic (exact) mass is 468 g/mol. The van der Waals surface area contributed by atoms with Crippen LogP contribution in [-0.2, 0) is 13.0 Å². The van der Waals surface area contributed by atoms with Gasteiger partial charge in [0.15, 0.2) is 0 Å². The van der Waals surface area contributed by atoms with Crippen LogP contribution in [0.15, 0.2) is 84.9 Å². The summed E-state index contributed by atoms with van der Waals surface area (Å²) >= 11 is 0. The molecule has 0 aliphatic heterocycles. The fourth-order valence-electron chi connectivity index (χ4n) is 3.83. The minimum absolute atomic E-state index is 0.0565. The number of benzene rings is 3. The number of hydrogen-bond acceptors (Lipinski definition) is 4. The Hall–Kier alpha value is -4.39. The fourth-order valence-corrected chi connectivity index (χ4v) is 3.83. The summed E-state index contributed by atoms with van der Waals surface area (Å²) in [6, 6.07) is 26.2. The van der Waals surface area contributed by atoms with E-state index in [4.69, 9.17) is 10.5 Å². The summed E-state index contributed by atoms with van der Waals surface area (Å²) in [4.78, 5) is 26.3. The molecule has 0 aliphatic carbocycles. The molecule has 0 spiro atoms. The molecule has 4 rings (SSSR count). The van der Waals surface area contributed by atoms with Crippen LogP contribution < -0.4 is 10.5 Å². The van der Waals surface area contributed by atoms with E-state index in [0.29, 0.717) is 23.4 Å².